The van der Waals surface area contributed by atoms with Gasteiger partial charge in [-0.3, -0.25) is 9.59 Å². The number of hydrogen-bond donors (Lipinski definition) is 0. The molecule has 0 rings (SSSR count). The summed E-state index contributed by atoms with van der Waals surface area (Å²) in [6, 6.07) is 0. The van der Waals surface area contributed by atoms with Gasteiger partial charge in [0, 0.05) is 6.42 Å². The first-order valence-electron chi connectivity index (χ1n) is 3.82. The molecule has 80 valence electrons. The zero-order chi connectivity index (χ0) is 10.8. The highest BCUT2D eigenvalue weighted by Crippen LogP contribution is 1.91. The first kappa shape index (κ1) is 13.6. The number of halogens is 2. The van der Waals surface area contributed by atoms with E-state index in [0.29, 0.717) is 6.42 Å². The molecule has 0 fully saturated rings. The van der Waals surface area contributed by atoms with Gasteiger partial charge in [0.15, 0.2) is 0 Å². The van der Waals surface area contributed by atoms with Crippen LogP contribution in [-0.4, -0.2) is 29.2 Å². The lowest BCUT2D eigenvalue weighted by Crippen LogP contribution is -2.05. The van der Waals surface area contributed by atoms with Crippen LogP contribution in [0.5, 0.6) is 0 Å². The van der Waals surface area contributed by atoms with Crippen LogP contribution in [0.3, 0.4) is 0 Å². The van der Waals surface area contributed by atoms with Gasteiger partial charge >= 0.3 is 11.9 Å². The van der Waals surface area contributed by atoms with Crippen LogP contribution >= 0.6 is 31.9 Å². The monoisotopic (exact) mass is 328 g/mol. The second kappa shape index (κ2) is 9.21. The minimum atomic E-state index is -0.362. The minimum Gasteiger partial charge on any atom is -0.465 e. The lowest BCUT2D eigenvalue weighted by molar-refractivity contribution is -0.140. The molecule has 0 heterocycles. The summed E-state index contributed by atoms with van der Waals surface area (Å²) in [4.78, 5) is 21.2. The van der Waals surface area contributed by atoms with E-state index in [1.54, 1.807) is 6.08 Å². The highest BCUT2D eigenvalue weighted by atomic mass is 79.9. The fourth-order valence-corrected chi connectivity index (χ4v) is 0.797. The topological polar surface area (TPSA) is 52.6 Å². The van der Waals surface area contributed by atoms with Crippen molar-refractivity contribution in [2.45, 2.75) is 6.42 Å². The maximum atomic E-state index is 10.6. The molecule has 0 bridgehead atoms. The van der Waals surface area contributed by atoms with Crippen molar-refractivity contribution in [3.8, 4) is 0 Å². The van der Waals surface area contributed by atoms with E-state index in [1.165, 1.54) is 6.26 Å². The van der Waals surface area contributed by atoms with Gasteiger partial charge in [0.05, 0.1) is 12.9 Å². The van der Waals surface area contributed by atoms with Crippen molar-refractivity contribution in [3.63, 3.8) is 0 Å². The average Bonchev–Trinajstić information content (AvgIpc) is 2.22. The first-order valence-corrected chi connectivity index (χ1v) is 6.07. The van der Waals surface area contributed by atoms with E-state index >= 15 is 0 Å². The lowest BCUT2D eigenvalue weighted by Gasteiger charge is -1.98. The van der Waals surface area contributed by atoms with E-state index in [9.17, 15) is 9.59 Å². The third kappa shape index (κ3) is 8.25. The Balaban J connectivity index is 3.36. The predicted molar refractivity (Wildman–Crippen MR) is 58.4 cm³/mol. The largest absolute Gasteiger partial charge is 0.465 e. The molecule has 0 aliphatic carbocycles. The summed E-state index contributed by atoms with van der Waals surface area (Å²) >= 11 is 5.90. The Morgan fingerprint density at radius 2 is 1.79 bits per heavy atom. The van der Waals surface area contributed by atoms with Crippen molar-refractivity contribution in [3.05, 3.63) is 12.3 Å². The van der Waals surface area contributed by atoms with E-state index < -0.39 is 0 Å². The van der Waals surface area contributed by atoms with Gasteiger partial charge in [-0.25, -0.2) is 0 Å². The average molecular weight is 330 g/mol. The third-order valence-corrected chi connectivity index (χ3v) is 1.98. The number of esters is 2. The molecule has 0 aromatic heterocycles. The molecule has 4 nitrogen and oxygen atoms in total. The van der Waals surface area contributed by atoms with Crippen LogP contribution in [0.4, 0.5) is 0 Å². The standard InChI is InChI=1S/C8H10Br2O4/c9-5-7(11)13-3-1-2-4-14-8(12)6-10/h1,3H,2,4-6H2. The van der Waals surface area contributed by atoms with Crippen LogP contribution in [0.15, 0.2) is 12.3 Å². The zero-order valence-corrected chi connectivity index (χ0v) is 10.5. The lowest BCUT2D eigenvalue weighted by atomic mass is 10.4. The summed E-state index contributed by atoms with van der Waals surface area (Å²) in [6.07, 6.45) is 3.42. The highest BCUT2D eigenvalue weighted by molar-refractivity contribution is 9.09. The molecule has 0 aromatic carbocycles. The predicted octanol–water partition coefficient (Wildman–Crippen LogP) is 1.77. The van der Waals surface area contributed by atoms with Crippen molar-refractivity contribution >= 4 is 43.8 Å². The Kier molecular flexibility index (Phi) is 8.97. The Hall–Kier alpha value is -0.360. The highest BCUT2D eigenvalue weighted by Gasteiger charge is 1.97. The molecule has 0 N–H and O–H groups in total. The molecular formula is C8H10Br2O4. The Labute approximate surface area is 98.9 Å². The van der Waals surface area contributed by atoms with Crippen LogP contribution in [0.25, 0.3) is 0 Å². The van der Waals surface area contributed by atoms with Crippen molar-refractivity contribution in [1.82, 2.24) is 0 Å². The number of carbonyl (C=O) groups excluding carboxylic acids is 2. The zero-order valence-electron chi connectivity index (χ0n) is 7.37. The molecule has 0 spiro atoms. The second-order valence-electron chi connectivity index (χ2n) is 2.14. The second-order valence-corrected chi connectivity index (χ2v) is 3.26. The molecule has 6 heteroatoms. The third-order valence-electron chi connectivity index (χ3n) is 1.06. The molecule has 0 aliphatic heterocycles. The minimum absolute atomic E-state index is 0.163. The van der Waals surface area contributed by atoms with Crippen LogP contribution in [0.1, 0.15) is 6.42 Å². The summed E-state index contributed by atoms with van der Waals surface area (Å²) < 4.78 is 9.35. The fourth-order valence-electron chi connectivity index (χ4n) is 0.503. The van der Waals surface area contributed by atoms with Crippen molar-refractivity contribution in [2.24, 2.45) is 0 Å². The van der Waals surface area contributed by atoms with E-state index in [4.69, 9.17) is 4.74 Å². The van der Waals surface area contributed by atoms with Gasteiger partial charge in [-0.15, -0.1) is 0 Å². The molecule has 0 atom stereocenters. The molecule has 0 amide bonds. The summed E-state index contributed by atoms with van der Waals surface area (Å²) in [5.74, 6) is -0.672. The van der Waals surface area contributed by atoms with E-state index in [-0.39, 0.29) is 29.2 Å². The Morgan fingerprint density at radius 3 is 2.36 bits per heavy atom. The van der Waals surface area contributed by atoms with Gasteiger partial charge in [0.25, 0.3) is 0 Å². The SMILES string of the molecule is O=C(CBr)OC=CCCOC(=O)CBr. The van der Waals surface area contributed by atoms with E-state index in [0.717, 1.165) is 0 Å². The smallest absolute Gasteiger partial charge is 0.321 e. The molecule has 0 unspecified atom stereocenters. The summed E-state index contributed by atoms with van der Waals surface area (Å²) in [7, 11) is 0. The molecule has 14 heavy (non-hydrogen) atoms. The van der Waals surface area contributed by atoms with Crippen LogP contribution < -0.4 is 0 Å². The summed E-state index contributed by atoms with van der Waals surface area (Å²) in [5, 5.41) is 0.352. The molecule has 0 radical (unpaired) electrons. The Morgan fingerprint density at radius 1 is 1.14 bits per heavy atom. The molecule has 0 aliphatic rings. The van der Waals surface area contributed by atoms with E-state index in [1.807, 2.05) is 0 Å². The Bertz CT molecular complexity index is 215. The van der Waals surface area contributed by atoms with Crippen molar-refractivity contribution in [1.29, 1.82) is 0 Å². The van der Waals surface area contributed by atoms with Gasteiger partial charge in [-0.2, -0.15) is 0 Å². The molecule has 0 saturated heterocycles. The summed E-state index contributed by atoms with van der Waals surface area (Å²) in [5.41, 5.74) is 0. The fraction of sp³-hybridized carbons (Fsp3) is 0.500. The molecule has 0 aromatic rings. The van der Waals surface area contributed by atoms with E-state index in [2.05, 4.69) is 36.6 Å². The normalized spacial score (nSPS) is 10.1. The van der Waals surface area contributed by atoms with Crippen LogP contribution in [0.2, 0.25) is 0 Å². The van der Waals surface area contributed by atoms with Gasteiger partial charge < -0.3 is 9.47 Å². The number of hydrogen-bond acceptors (Lipinski definition) is 4. The maximum absolute atomic E-state index is 10.6. The molecule has 0 saturated carbocycles. The van der Waals surface area contributed by atoms with Gasteiger partial charge in [-0.1, -0.05) is 31.9 Å². The number of alkyl halides is 2. The van der Waals surface area contributed by atoms with Crippen molar-refractivity contribution < 1.29 is 19.1 Å². The van der Waals surface area contributed by atoms with Gasteiger partial charge in [-0.05, 0) is 6.08 Å². The molecular weight excluding hydrogens is 320 g/mol. The van der Waals surface area contributed by atoms with Gasteiger partial charge in [0.1, 0.15) is 10.7 Å². The quantitative estimate of drug-likeness (QED) is 0.322. The van der Waals surface area contributed by atoms with Crippen molar-refractivity contribution in [2.75, 3.05) is 17.3 Å². The summed E-state index contributed by atoms with van der Waals surface area (Å²) in [6.45, 7) is 0.285. The maximum Gasteiger partial charge on any atom is 0.321 e. The van der Waals surface area contributed by atoms with Gasteiger partial charge in [0.2, 0.25) is 0 Å². The van der Waals surface area contributed by atoms with Crippen LogP contribution in [0, 0.1) is 0 Å². The first-order chi connectivity index (χ1) is 6.70. The number of ether oxygens (including phenoxy) is 2. The van der Waals surface area contributed by atoms with Crippen LogP contribution in [-0.2, 0) is 19.1 Å². The number of rotatable bonds is 6. The number of carbonyl (C=O) groups is 2.